The average Bonchev–Trinajstić information content (AvgIpc) is 3.69. The van der Waals surface area contributed by atoms with Gasteiger partial charge in [-0.1, -0.05) is 169 Å². The topological polar surface area (TPSA) is 34.0 Å². The first kappa shape index (κ1) is 35.5. The van der Waals surface area contributed by atoms with Crippen molar-refractivity contribution in [1.29, 1.82) is 0 Å². The van der Waals surface area contributed by atoms with Gasteiger partial charge < -0.3 is 4.90 Å². The van der Waals surface area contributed by atoms with Crippen LogP contribution in [-0.4, -0.2) is 14.5 Å². The van der Waals surface area contributed by atoms with E-state index >= 15 is 0 Å². The van der Waals surface area contributed by atoms with Gasteiger partial charge in [0.15, 0.2) is 5.82 Å². The molecule has 10 aromatic rings. The summed E-state index contributed by atoms with van der Waals surface area (Å²) in [5, 5.41) is 3.80. The van der Waals surface area contributed by atoms with E-state index in [1.165, 1.54) is 65.3 Å². The average molecular weight is 799 g/mol. The third kappa shape index (κ3) is 6.08. The molecule has 288 valence electrons. The predicted molar refractivity (Wildman–Crippen MR) is 253 cm³/mol. The van der Waals surface area contributed by atoms with Crippen LogP contribution in [0.4, 0.5) is 17.1 Å². The highest BCUT2D eigenvalue weighted by Gasteiger charge is 2.30. The van der Waals surface area contributed by atoms with Gasteiger partial charge in [-0.25, -0.2) is 9.97 Å². The zero-order chi connectivity index (χ0) is 40.3. The van der Waals surface area contributed by atoms with Crippen LogP contribution in [-0.2, 0) is 6.42 Å². The second-order valence-corrected chi connectivity index (χ2v) is 16.8. The minimum Gasteiger partial charge on any atom is -0.308 e. The number of aromatic nitrogens is 3. The van der Waals surface area contributed by atoms with Crippen molar-refractivity contribution in [2.45, 2.75) is 22.6 Å². The molecule has 1 aliphatic heterocycles. The molecule has 0 spiro atoms. The number of rotatable bonds is 6. The van der Waals surface area contributed by atoms with Crippen LogP contribution < -0.4 is 4.90 Å². The lowest BCUT2D eigenvalue weighted by Crippen LogP contribution is -2.15. The molecule has 0 unspecified atom stereocenters. The zero-order valence-corrected chi connectivity index (χ0v) is 34.1. The van der Waals surface area contributed by atoms with Crippen LogP contribution in [0.15, 0.2) is 216 Å². The molecule has 0 saturated heterocycles. The van der Waals surface area contributed by atoms with E-state index in [0.717, 1.165) is 52.2 Å². The van der Waals surface area contributed by atoms with Crippen molar-refractivity contribution in [2.24, 2.45) is 0 Å². The molecular formula is C56H38N4S. The largest absolute Gasteiger partial charge is 0.308 e. The van der Waals surface area contributed by atoms with E-state index in [1.807, 2.05) is 11.8 Å². The van der Waals surface area contributed by atoms with Gasteiger partial charge in [0.2, 0.25) is 0 Å². The lowest BCUT2D eigenvalue weighted by atomic mass is 9.89. The fraction of sp³-hybridized carbons (Fsp3) is 0.0357. The molecule has 0 bridgehead atoms. The molecule has 0 atom stereocenters. The van der Waals surface area contributed by atoms with Crippen molar-refractivity contribution in [2.75, 3.05) is 4.90 Å². The van der Waals surface area contributed by atoms with Crippen LogP contribution >= 0.6 is 11.8 Å². The maximum atomic E-state index is 5.49. The maximum Gasteiger partial charge on any atom is 0.162 e. The predicted octanol–water partition coefficient (Wildman–Crippen LogP) is 14.9. The van der Waals surface area contributed by atoms with Gasteiger partial charge in [-0.2, -0.15) is 0 Å². The lowest BCUT2D eigenvalue weighted by Gasteiger charge is -2.33. The van der Waals surface area contributed by atoms with E-state index in [2.05, 4.69) is 216 Å². The number of hydrogen-bond donors (Lipinski definition) is 0. The van der Waals surface area contributed by atoms with Gasteiger partial charge in [0, 0.05) is 43.6 Å². The van der Waals surface area contributed by atoms with E-state index in [9.17, 15) is 0 Å². The maximum absolute atomic E-state index is 5.49. The first-order valence-electron chi connectivity index (χ1n) is 20.9. The summed E-state index contributed by atoms with van der Waals surface area (Å²) < 4.78 is 2.43. The number of hydrogen-bond acceptors (Lipinski definition) is 4. The summed E-state index contributed by atoms with van der Waals surface area (Å²) in [5.41, 5.74) is 14.9. The van der Waals surface area contributed by atoms with E-state index < -0.39 is 0 Å². The minimum absolute atomic E-state index is 0.693. The van der Waals surface area contributed by atoms with Crippen molar-refractivity contribution < 1.29 is 0 Å². The zero-order valence-electron chi connectivity index (χ0n) is 33.2. The molecule has 0 radical (unpaired) electrons. The van der Waals surface area contributed by atoms with Gasteiger partial charge in [0.05, 0.1) is 28.3 Å². The second-order valence-electron chi connectivity index (χ2n) is 15.7. The second kappa shape index (κ2) is 14.7. The molecule has 0 N–H and O–H groups in total. The molecule has 5 heteroatoms. The van der Waals surface area contributed by atoms with E-state index in [-0.39, 0.29) is 0 Å². The monoisotopic (exact) mass is 798 g/mol. The Balaban J connectivity index is 1.07. The Hall–Kier alpha value is -7.47. The summed E-state index contributed by atoms with van der Waals surface area (Å²) in [6.45, 7) is 0. The van der Waals surface area contributed by atoms with Gasteiger partial charge in [-0.05, 0) is 88.3 Å². The van der Waals surface area contributed by atoms with Gasteiger partial charge in [-0.15, -0.1) is 0 Å². The van der Waals surface area contributed by atoms with Crippen molar-refractivity contribution in [1.82, 2.24) is 14.5 Å². The van der Waals surface area contributed by atoms with E-state index in [0.29, 0.717) is 5.82 Å². The Morgan fingerprint density at radius 3 is 1.97 bits per heavy atom. The third-order valence-electron chi connectivity index (χ3n) is 12.1. The number of para-hydroxylation sites is 2. The molecule has 1 aliphatic carbocycles. The summed E-state index contributed by atoms with van der Waals surface area (Å²) in [7, 11) is 0. The minimum atomic E-state index is 0.693. The van der Waals surface area contributed by atoms with Crippen LogP contribution in [0, 0.1) is 0 Å². The molecule has 12 rings (SSSR count). The number of benzene rings is 8. The molecule has 2 aromatic heterocycles. The van der Waals surface area contributed by atoms with Crippen molar-refractivity contribution >= 4 is 56.1 Å². The summed E-state index contributed by atoms with van der Waals surface area (Å²) in [6, 6.07) is 71.7. The molecule has 3 heterocycles. The molecule has 2 aliphatic rings. The quantitative estimate of drug-likeness (QED) is 0.168. The van der Waals surface area contributed by atoms with Gasteiger partial charge in [0.1, 0.15) is 5.82 Å². The number of aryl methyl sites for hydroxylation is 1. The fourth-order valence-electron chi connectivity index (χ4n) is 9.27. The summed E-state index contributed by atoms with van der Waals surface area (Å²) in [6.07, 6.45) is 4.34. The number of nitrogens with zero attached hydrogens (tertiary/aromatic N) is 4. The Kier molecular flexibility index (Phi) is 8.53. The van der Waals surface area contributed by atoms with E-state index in [1.54, 1.807) is 0 Å². The normalized spacial score (nSPS) is 13.1. The van der Waals surface area contributed by atoms with Crippen LogP contribution in [0.5, 0.6) is 0 Å². The first-order valence-corrected chi connectivity index (χ1v) is 21.7. The van der Waals surface area contributed by atoms with Crippen molar-refractivity contribution in [3.8, 4) is 39.6 Å². The van der Waals surface area contributed by atoms with Gasteiger partial charge >= 0.3 is 0 Å². The molecule has 0 amide bonds. The Labute approximate surface area is 359 Å². The number of allylic oxidation sites excluding steroid dienone is 1. The SMILES string of the molecule is C1=C(c2ccc3c(c2)Sc2ccccc2N3c2ccccc2)c2c(c3c4ccccc4ccc3n2-c2cc(-c3ccccc3)nc(-c3ccc(-c4ccccc4)cc3)n2)CC1. The molecule has 0 fully saturated rings. The first-order chi connectivity index (χ1) is 30.2. The highest BCUT2D eigenvalue weighted by Crippen LogP contribution is 2.53. The Morgan fingerprint density at radius 1 is 0.492 bits per heavy atom. The molecular weight excluding hydrogens is 761 g/mol. The Morgan fingerprint density at radius 2 is 1.15 bits per heavy atom. The van der Waals surface area contributed by atoms with Crippen LogP contribution in [0.1, 0.15) is 23.2 Å². The molecule has 0 saturated carbocycles. The van der Waals surface area contributed by atoms with Crippen LogP contribution in [0.3, 0.4) is 0 Å². The van der Waals surface area contributed by atoms with E-state index in [4.69, 9.17) is 9.97 Å². The summed E-state index contributed by atoms with van der Waals surface area (Å²) in [5.74, 6) is 1.54. The standard InChI is InChI=1S/C56H38N4S/c1-4-15-37(16-5-1)38-27-29-41(30-28-38)56-57-47(40-18-6-2-7-19-40)36-53(58-56)60-50-34-31-39-17-10-11-22-44(39)54(50)46-24-14-23-45(55(46)60)42-32-33-49-52(35-42)61-51-26-13-12-25-48(51)59(49)43-20-8-3-9-21-43/h1-13,15-23,25-36H,14,24H2. The van der Waals surface area contributed by atoms with Crippen molar-refractivity contribution in [3.63, 3.8) is 0 Å². The molecule has 8 aromatic carbocycles. The molecule has 4 nitrogen and oxygen atoms in total. The molecule has 61 heavy (non-hydrogen) atoms. The van der Waals surface area contributed by atoms with Gasteiger partial charge in [-0.3, -0.25) is 4.57 Å². The number of anilines is 3. The highest BCUT2D eigenvalue weighted by molar-refractivity contribution is 7.99. The van der Waals surface area contributed by atoms with Gasteiger partial charge in [0.25, 0.3) is 0 Å². The highest BCUT2D eigenvalue weighted by atomic mass is 32.2. The Bertz CT molecular complexity index is 3320. The van der Waals surface area contributed by atoms with Crippen LogP contribution in [0.25, 0.3) is 66.8 Å². The van der Waals surface area contributed by atoms with Crippen LogP contribution in [0.2, 0.25) is 0 Å². The summed E-state index contributed by atoms with van der Waals surface area (Å²) >= 11 is 1.85. The van der Waals surface area contributed by atoms with Crippen molar-refractivity contribution in [3.05, 3.63) is 223 Å². The number of fused-ring (bicyclic) bond motifs is 7. The smallest absolute Gasteiger partial charge is 0.162 e. The lowest BCUT2D eigenvalue weighted by molar-refractivity contribution is 0.936. The third-order valence-corrected chi connectivity index (χ3v) is 13.2. The fourth-order valence-corrected chi connectivity index (χ4v) is 10.4. The summed E-state index contributed by atoms with van der Waals surface area (Å²) in [4.78, 5) is 15.6.